The molecule has 0 aliphatic rings. The molecule has 0 N–H and O–H groups in total. The molecule has 1 aromatic heterocycles. The van der Waals surface area contributed by atoms with Gasteiger partial charge in [-0.3, -0.25) is 4.98 Å². The molecule has 6 heteroatoms. The highest BCUT2D eigenvalue weighted by molar-refractivity contribution is 5.90. The molecule has 0 atom stereocenters. The van der Waals surface area contributed by atoms with Crippen molar-refractivity contribution in [1.29, 1.82) is 0 Å². The van der Waals surface area contributed by atoms with Gasteiger partial charge in [-0.05, 0) is 29.8 Å². The van der Waals surface area contributed by atoms with Crippen LogP contribution in [0.3, 0.4) is 0 Å². The molecule has 1 heterocycles. The molecule has 26 heavy (non-hydrogen) atoms. The first-order valence-corrected chi connectivity index (χ1v) is 7.79. The zero-order chi connectivity index (χ0) is 18.5. The second-order valence-corrected chi connectivity index (χ2v) is 5.46. The van der Waals surface area contributed by atoms with Crippen LogP contribution < -0.4 is 4.74 Å². The number of carbonyl (C=O) groups is 1. The first-order chi connectivity index (χ1) is 12.6. The predicted octanol–water partition coefficient (Wildman–Crippen LogP) is 4.39. The number of benzene rings is 2. The van der Waals surface area contributed by atoms with Crippen LogP contribution in [0.15, 0.2) is 60.8 Å². The third-order valence-corrected chi connectivity index (χ3v) is 3.72. The average molecular weight is 355 g/mol. The van der Waals surface area contributed by atoms with E-state index >= 15 is 0 Å². The second-order valence-electron chi connectivity index (χ2n) is 5.46. The van der Waals surface area contributed by atoms with Gasteiger partial charge in [0.05, 0.1) is 24.6 Å². The lowest BCUT2D eigenvalue weighted by molar-refractivity contribution is 0.0595. The van der Waals surface area contributed by atoms with Gasteiger partial charge < -0.3 is 9.47 Å². The molecule has 0 radical (unpaired) electrons. The maximum absolute atomic E-state index is 14.0. The highest BCUT2D eigenvalue weighted by Gasteiger charge is 2.15. The van der Waals surface area contributed by atoms with Crippen molar-refractivity contribution in [3.8, 4) is 17.0 Å². The Labute approximate surface area is 149 Å². The van der Waals surface area contributed by atoms with Crippen LogP contribution in [-0.2, 0) is 11.3 Å². The minimum Gasteiger partial charge on any atom is -0.486 e. The Kier molecular flexibility index (Phi) is 5.22. The van der Waals surface area contributed by atoms with E-state index in [-0.39, 0.29) is 17.9 Å². The first-order valence-electron chi connectivity index (χ1n) is 7.79. The number of aromatic nitrogens is 1. The number of methoxy groups -OCH3 is 1. The summed E-state index contributed by atoms with van der Waals surface area (Å²) in [6, 6.07) is 14.8. The molecule has 0 saturated carbocycles. The summed E-state index contributed by atoms with van der Waals surface area (Å²) >= 11 is 0. The van der Waals surface area contributed by atoms with Crippen LogP contribution in [0.1, 0.15) is 15.9 Å². The number of hydrogen-bond acceptors (Lipinski definition) is 4. The standard InChI is InChI=1S/C20H15F2NO3/c1-25-20(24)15-10-18(23-11-17(15)22)14-7-8-16(21)19(9-14)26-12-13-5-3-2-4-6-13/h2-11H,12H2,1H3. The summed E-state index contributed by atoms with van der Waals surface area (Å²) in [5, 5.41) is 0. The monoisotopic (exact) mass is 355 g/mol. The van der Waals surface area contributed by atoms with Crippen LogP contribution in [0, 0.1) is 11.6 Å². The van der Waals surface area contributed by atoms with Gasteiger partial charge in [-0.1, -0.05) is 30.3 Å². The van der Waals surface area contributed by atoms with E-state index in [4.69, 9.17) is 4.74 Å². The van der Waals surface area contributed by atoms with Crippen molar-refractivity contribution < 1.29 is 23.0 Å². The quantitative estimate of drug-likeness (QED) is 0.637. The van der Waals surface area contributed by atoms with Crippen LogP contribution in [0.4, 0.5) is 8.78 Å². The van der Waals surface area contributed by atoms with E-state index in [0.717, 1.165) is 18.9 Å². The van der Waals surface area contributed by atoms with Crippen molar-refractivity contribution >= 4 is 5.97 Å². The van der Waals surface area contributed by atoms with Crippen molar-refractivity contribution in [2.24, 2.45) is 0 Å². The highest BCUT2D eigenvalue weighted by atomic mass is 19.1. The van der Waals surface area contributed by atoms with Crippen molar-refractivity contribution in [2.45, 2.75) is 6.61 Å². The predicted molar refractivity (Wildman–Crippen MR) is 91.7 cm³/mol. The summed E-state index contributed by atoms with van der Waals surface area (Å²) in [7, 11) is 1.16. The number of carbonyl (C=O) groups excluding carboxylic acids is 1. The number of ether oxygens (including phenoxy) is 2. The summed E-state index contributed by atoms with van der Waals surface area (Å²) in [6.07, 6.45) is 0.926. The Balaban J connectivity index is 1.88. The fourth-order valence-corrected chi connectivity index (χ4v) is 2.37. The molecule has 4 nitrogen and oxygen atoms in total. The van der Waals surface area contributed by atoms with Crippen LogP contribution in [-0.4, -0.2) is 18.1 Å². The zero-order valence-corrected chi connectivity index (χ0v) is 13.9. The van der Waals surface area contributed by atoms with E-state index < -0.39 is 17.6 Å². The molecule has 0 aliphatic carbocycles. The number of rotatable bonds is 5. The molecular formula is C20H15F2NO3. The van der Waals surface area contributed by atoms with Gasteiger partial charge in [0.25, 0.3) is 0 Å². The van der Waals surface area contributed by atoms with Gasteiger partial charge in [-0.2, -0.15) is 0 Å². The molecule has 0 amide bonds. The Morgan fingerprint density at radius 1 is 1.04 bits per heavy atom. The number of esters is 1. The Bertz CT molecular complexity index is 930. The van der Waals surface area contributed by atoms with E-state index in [9.17, 15) is 13.6 Å². The lowest BCUT2D eigenvalue weighted by atomic mass is 10.1. The van der Waals surface area contributed by atoms with Crippen molar-refractivity contribution in [2.75, 3.05) is 7.11 Å². The number of hydrogen-bond donors (Lipinski definition) is 0. The van der Waals surface area contributed by atoms with Crippen LogP contribution in [0.5, 0.6) is 5.75 Å². The van der Waals surface area contributed by atoms with E-state index in [1.165, 1.54) is 24.3 Å². The summed E-state index contributed by atoms with van der Waals surface area (Å²) in [6.45, 7) is 0.200. The highest BCUT2D eigenvalue weighted by Crippen LogP contribution is 2.27. The van der Waals surface area contributed by atoms with Gasteiger partial charge in [0.2, 0.25) is 0 Å². The van der Waals surface area contributed by atoms with Crippen molar-refractivity contribution in [3.05, 3.63) is 83.6 Å². The maximum atomic E-state index is 14.0. The van der Waals surface area contributed by atoms with Gasteiger partial charge in [0.1, 0.15) is 6.61 Å². The van der Waals surface area contributed by atoms with Crippen molar-refractivity contribution in [1.82, 2.24) is 4.98 Å². The van der Waals surface area contributed by atoms with Gasteiger partial charge in [0, 0.05) is 5.56 Å². The topological polar surface area (TPSA) is 48.4 Å². The summed E-state index contributed by atoms with van der Waals surface area (Å²) < 4.78 is 37.8. The van der Waals surface area contributed by atoms with E-state index in [1.54, 1.807) is 0 Å². The van der Waals surface area contributed by atoms with Gasteiger partial charge in [0.15, 0.2) is 17.4 Å². The molecule has 2 aromatic carbocycles. The summed E-state index contributed by atoms with van der Waals surface area (Å²) in [5.74, 6) is -2.09. The molecule has 0 fully saturated rings. The molecule has 3 rings (SSSR count). The Morgan fingerprint density at radius 2 is 1.81 bits per heavy atom. The van der Waals surface area contributed by atoms with Gasteiger partial charge in [-0.15, -0.1) is 0 Å². The molecule has 132 valence electrons. The van der Waals surface area contributed by atoms with E-state index in [1.807, 2.05) is 30.3 Å². The second kappa shape index (κ2) is 7.74. The molecule has 3 aromatic rings. The van der Waals surface area contributed by atoms with E-state index in [2.05, 4.69) is 9.72 Å². The average Bonchev–Trinajstić information content (AvgIpc) is 2.68. The number of nitrogens with zero attached hydrogens (tertiary/aromatic N) is 1. The lowest BCUT2D eigenvalue weighted by Crippen LogP contribution is -2.05. The summed E-state index contributed by atoms with van der Waals surface area (Å²) in [4.78, 5) is 15.6. The van der Waals surface area contributed by atoms with Gasteiger partial charge in [-0.25, -0.2) is 13.6 Å². The molecule has 0 saturated heterocycles. The smallest absolute Gasteiger partial charge is 0.340 e. The largest absolute Gasteiger partial charge is 0.486 e. The third-order valence-electron chi connectivity index (χ3n) is 3.72. The fraction of sp³-hybridized carbons (Fsp3) is 0.100. The maximum Gasteiger partial charge on any atom is 0.340 e. The van der Waals surface area contributed by atoms with E-state index in [0.29, 0.717) is 11.3 Å². The minimum atomic E-state index is -0.811. The van der Waals surface area contributed by atoms with Crippen LogP contribution >= 0.6 is 0 Å². The molecule has 0 spiro atoms. The fourth-order valence-electron chi connectivity index (χ4n) is 2.37. The van der Waals surface area contributed by atoms with Crippen LogP contribution in [0.2, 0.25) is 0 Å². The Morgan fingerprint density at radius 3 is 2.54 bits per heavy atom. The lowest BCUT2D eigenvalue weighted by Gasteiger charge is -2.10. The number of halogens is 2. The SMILES string of the molecule is COC(=O)c1cc(-c2ccc(F)c(OCc3ccccc3)c2)ncc1F. The molecule has 0 bridgehead atoms. The van der Waals surface area contributed by atoms with Gasteiger partial charge >= 0.3 is 5.97 Å². The molecule has 0 unspecified atom stereocenters. The normalized spacial score (nSPS) is 10.4. The first kappa shape index (κ1) is 17.5. The zero-order valence-electron chi connectivity index (χ0n) is 13.9. The summed E-state index contributed by atoms with van der Waals surface area (Å²) in [5.41, 5.74) is 1.44. The number of pyridine rings is 1. The minimum absolute atomic E-state index is 0.0390. The molecular weight excluding hydrogens is 340 g/mol. The van der Waals surface area contributed by atoms with Crippen LogP contribution in [0.25, 0.3) is 11.3 Å². The van der Waals surface area contributed by atoms with Crippen molar-refractivity contribution in [3.63, 3.8) is 0 Å². The Hall–Kier alpha value is -3.28. The molecule has 0 aliphatic heterocycles. The third kappa shape index (κ3) is 3.85.